The minimum Gasteiger partial charge on any atom is -0.246 e. The highest BCUT2D eigenvalue weighted by Crippen LogP contribution is 2.31. The molecule has 1 rings (SSSR count). The molecule has 0 aliphatic rings. The molecule has 0 saturated heterocycles. The highest BCUT2D eigenvalue weighted by molar-refractivity contribution is 9.10. The second kappa shape index (κ2) is 12.7. The van der Waals surface area contributed by atoms with Crippen LogP contribution in [0.2, 0.25) is 0 Å². The van der Waals surface area contributed by atoms with Gasteiger partial charge in [-0.25, -0.2) is 4.98 Å². The number of aryl methyl sites for hydroxylation is 1. The lowest BCUT2D eigenvalue weighted by atomic mass is 10.0. The predicted molar refractivity (Wildman–Crippen MR) is 102 cm³/mol. The van der Waals surface area contributed by atoms with Crippen molar-refractivity contribution < 1.29 is 13.2 Å². The smallest absolute Gasteiger partial charge is 0.246 e. The summed E-state index contributed by atoms with van der Waals surface area (Å²) in [6.45, 7) is 2.24. The van der Waals surface area contributed by atoms with Gasteiger partial charge in [0, 0.05) is 5.69 Å². The summed E-state index contributed by atoms with van der Waals surface area (Å²) in [6.07, 6.45) is 11.3. The molecule has 0 radical (unpaired) electrons. The Hall–Kier alpha value is -0.580. The quantitative estimate of drug-likeness (QED) is 0.231. The van der Waals surface area contributed by atoms with E-state index in [0.717, 1.165) is 25.3 Å². The van der Waals surface area contributed by atoms with Crippen LogP contribution >= 0.6 is 15.9 Å². The Morgan fingerprint density at radius 3 is 1.76 bits per heavy atom. The standard InChI is InChI=1S/C20H31BrF3N/c1-2-3-4-5-6-7-8-9-10-11-12-13-14-18-15-17(20(22,23)24)16-19(21)25-18/h15-16H,2-14H2,1H3. The number of aromatic nitrogens is 1. The van der Waals surface area contributed by atoms with Crippen molar-refractivity contribution in [1.82, 2.24) is 4.98 Å². The van der Waals surface area contributed by atoms with E-state index in [-0.39, 0.29) is 4.60 Å². The summed E-state index contributed by atoms with van der Waals surface area (Å²) in [6, 6.07) is 2.20. The van der Waals surface area contributed by atoms with Crippen molar-refractivity contribution in [3.05, 3.63) is 28.0 Å². The molecule has 0 aromatic carbocycles. The molecule has 0 bridgehead atoms. The number of pyridine rings is 1. The average Bonchev–Trinajstić information content (AvgIpc) is 2.54. The molecule has 0 fully saturated rings. The van der Waals surface area contributed by atoms with E-state index >= 15 is 0 Å². The molecule has 0 spiro atoms. The van der Waals surface area contributed by atoms with Crippen LogP contribution in [-0.4, -0.2) is 4.98 Å². The Balaban J connectivity index is 2.08. The Labute approximate surface area is 158 Å². The van der Waals surface area contributed by atoms with Gasteiger partial charge in [-0.3, -0.25) is 0 Å². The van der Waals surface area contributed by atoms with Crippen LogP contribution in [0, 0.1) is 0 Å². The van der Waals surface area contributed by atoms with E-state index in [1.54, 1.807) is 0 Å². The van der Waals surface area contributed by atoms with Gasteiger partial charge in [-0.1, -0.05) is 77.6 Å². The largest absolute Gasteiger partial charge is 0.416 e. The van der Waals surface area contributed by atoms with Gasteiger partial charge in [0.2, 0.25) is 0 Å². The van der Waals surface area contributed by atoms with E-state index in [2.05, 4.69) is 27.8 Å². The van der Waals surface area contributed by atoms with Crippen LogP contribution in [0.4, 0.5) is 13.2 Å². The molecule has 1 nitrogen and oxygen atoms in total. The topological polar surface area (TPSA) is 12.9 Å². The lowest BCUT2D eigenvalue weighted by Crippen LogP contribution is -2.07. The molecule has 0 aliphatic heterocycles. The number of nitrogens with zero attached hydrogens (tertiary/aromatic N) is 1. The number of hydrogen-bond donors (Lipinski definition) is 0. The van der Waals surface area contributed by atoms with Crippen molar-refractivity contribution in [2.24, 2.45) is 0 Å². The molecule has 144 valence electrons. The lowest BCUT2D eigenvalue weighted by molar-refractivity contribution is -0.137. The third-order valence-corrected chi connectivity index (χ3v) is 4.87. The first kappa shape index (κ1) is 22.5. The van der Waals surface area contributed by atoms with Crippen LogP contribution in [0.3, 0.4) is 0 Å². The minimum absolute atomic E-state index is 0.260. The summed E-state index contributed by atoms with van der Waals surface area (Å²) in [7, 11) is 0. The summed E-state index contributed by atoms with van der Waals surface area (Å²) in [5, 5.41) is 0. The molecule has 0 saturated carbocycles. The Kier molecular flexibility index (Phi) is 11.4. The van der Waals surface area contributed by atoms with Crippen molar-refractivity contribution in [3.63, 3.8) is 0 Å². The van der Waals surface area contributed by atoms with Crippen molar-refractivity contribution >= 4 is 15.9 Å². The molecule has 25 heavy (non-hydrogen) atoms. The van der Waals surface area contributed by atoms with Gasteiger partial charge in [0.15, 0.2) is 0 Å². The van der Waals surface area contributed by atoms with Crippen LogP contribution in [-0.2, 0) is 12.6 Å². The van der Waals surface area contributed by atoms with Crippen molar-refractivity contribution in [1.29, 1.82) is 0 Å². The average molecular weight is 422 g/mol. The van der Waals surface area contributed by atoms with Crippen molar-refractivity contribution in [3.8, 4) is 0 Å². The van der Waals surface area contributed by atoms with Gasteiger partial charge < -0.3 is 0 Å². The van der Waals surface area contributed by atoms with Crippen molar-refractivity contribution in [2.45, 2.75) is 96.6 Å². The lowest BCUT2D eigenvalue weighted by Gasteiger charge is -2.09. The molecule has 0 unspecified atom stereocenters. The maximum Gasteiger partial charge on any atom is 0.416 e. The van der Waals surface area contributed by atoms with E-state index in [9.17, 15) is 13.2 Å². The van der Waals surface area contributed by atoms with E-state index in [0.29, 0.717) is 12.1 Å². The van der Waals surface area contributed by atoms with E-state index in [4.69, 9.17) is 0 Å². The highest BCUT2D eigenvalue weighted by Gasteiger charge is 2.31. The van der Waals surface area contributed by atoms with Crippen LogP contribution in [0.15, 0.2) is 16.7 Å². The van der Waals surface area contributed by atoms with Crippen LogP contribution in [0.1, 0.15) is 95.2 Å². The zero-order chi connectivity index (χ0) is 18.5. The van der Waals surface area contributed by atoms with E-state index in [1.165, 1.54) is 63.9 Å². The Bertz CT molecular complexity index is 474. The minimum atomic E-state index is -4.31. The maximum absolute atomic E-state index is 12.8. The van der Waals surface area contributed by atoms with Gasteiger partial charge >= 0.3 is 6.18 Å². The Morgan fingerprint density at radius 1 is 0.800 bits per heavy atom. The molecule has 0 amide bonds. The van der Waals surface area contributed by atoms with Gasteiger partial charge in [0.05, 0.1) is 5.56 Å². The third-order valence-electron chi connectivity index (χ3n) is 4.46. The van der Waals surface area contributed by atoms with E-state index < -0.39 is 11.7 Å². The zero-order valence-corrected chi connectivity index (χ0v) is 16.9. The van der Waals surface area contributed by atoms with Crippen LogP contribution in [0.25, 0.3) is 0 Å². The molecule has 5 heteroatoms. The van der Waals surface area contributed by atoms with Gasteiger partial charge in [-0.15, -0.1) is 0 Å². The summed E-state index contributed by atoms with van der Waals surface area (Å²) in [5.74, 6) is 0. The fourth-order valence-electron chi connectivity index (χ4n) is 2.99. The first-order valence-corrected chi connectivity index (χ1v) is 10.5. The number of rotatable bonds is 13. The fourth-order valence-corrected chi connectivity index (χ4v) is 3.46. The monoisotopic (exact) mass is 421 g/mol. The number of halogens is 4. The Morgan fingerprint density at radius 2 is 1.28 bits per heavy atom. The number of alkyl halides is 3. The summed E-state index contributed by atoms with van der Waals surface area (Å²) >= 11 is 3.07. The SMILES string of the molecule is CCCCCCCCCCCCCCc1cc(C(F)(F)F)cc(Br)n1. The van der Waals surface area contributed by atoms with Gasteiger partial charge in [-0.2, -0.15) is 13.2 Å². The number of hydrogen-bond acceptors (Lipinski definition) is 1. The summed E-state index contributed by atoms with van der Waals surface area (Å²) in [4.78, 5) is 4.15. The summed E-state index contributed by atoms with van der Waals surface area (Å²) in [5.41, 5.74) is -0.0999. The summed E-state index contributed by atoms with van der Waals surface area (Å²) < 4.78 is 38.6. The van der Waals surface area contributed by atoms with Gasteiger partial charge in [0.25, 0.3) is 0 Å². The van der Waals surface area contributed by atoms with E-state index in [1.807, 2.05) is 0 Å². The fraction of sp³-hybridized carbons (Fsp3) is 0.750. The molecular weight excluding hydrogens is 391 g/mol. The first-order valence-electron chi connectivity index (χ1n) is 9.67. The highest BCUT2D eigenvalue weighted by atomic mass is 79.9. The van der Waals surface area contributed by atoms with Crippen molar-refractivity contribution in [2.75, 3.05) is 0 Å². The predicted octanol–water partition coefficient (Wildman–Crippen LogP) is 8.11. The second-order valence-corrected chi connectivity index (χ2v) is 7.62. The zero-order valence-electron chi connectivity index (χ0n) is 15.3. The first-order chi connectivity index (χ1) is 11.9. The number of unbranched alkanes of at least 4 members (excludes halogenated alkanes) is 11. The molecule has 0 aliphatic carbocycles. The molecule has 1 aromatic heterocycles. The molecule has 1 heterocycles. The third kappa shape index (κ3) is 10.9. The molecular formula is C20H31BrF3N. The maximum atomic E-state index is 12.8. The molecule has 0 atom stereocenters. The second-order valence-electron chi connectivity index (χ2n) is 6.81. The van der Waals surface area contributed by atoms with Gasteiger partial charge in [0.1, 0.15) is 4.60 Å². The van der Waals surface area contributed by atoms with Crippen LogP contribution < -0.4 is 0 Å². The van der Waals surface area contributed by atoms with Gasteiger partial charge in [-0.05, 0) is 40.9 Å². The normalized spacial score (nSPS) is 11.9. The van der Waals surface area contributed by atoms with Crippen LogP contribution in [0.5, 0.6) is 0 Å². The molecule has 0 N–H and O–H groups in total. The molecule has 1 aromatic rings.